The number of aliphatic hydroxyl groups is 1. The minimum Gasteiger partial charge on any atom is -0.633 e. The number of carbonyl (C=O) groups excluding carboxylic acids is 1. The van der Waals surface area contributed by atoms with Crippen LogP contribution in [0.25, 0.3) is 22.3 Å². The second kappa shape index (κ2) is 6.77. The van der Waals surface area contributed by atoms with E-state index in [-0.39, 0.29) is 54.2 Å². The zero-order valence-electron chi connectivity index (χ0n) is 18.4. The van der Waals surface area contributed by atoms with Crippen LogP contribution in [0.2, 0.25) is 0 Å². The molecule has 3 aromatic rings. The van der Waals surface area contributed by atoms with E-state index in [2.05, 4.69) is 0 Å². The van der Waals surface area contributed by atoms with E-state index in [0.717, 1.165) is 0 Å². The van der Waals surface area contributed by atoms with Gasteiger partial charge in [0.25, 0.3) is 5.56 Å². The van der Waals surface area contributed by atoms with Crippen LogP contribution in [0.15, 0.2) is 29.1 Å². The maximum atomic E-state index is 13.5. The summed E-state index contributed by atoms with van der Waals surface area (Å²) >= 11 is 0. The number of cyclic esters (lactones) is 1. The van der Waals surface area contributed by atoms with Crippen molar-refractivity contribution in [2.75, 3.05) is 14.1 Å². The van der Waals surface area contributed by atoms with Crippen molar-refractivity contribution >= 4 is 16.9 Å². The van der Waals surface area contributed by atoms with Crippen molar-refractivity contribution in [1.29, 1.82) is 0 Å². The van der Waals surface area contributed by atoms with Gasteiger partial charge in [-0.25, -0.2) is 4.79 Å². The fourth-order valence-electron chi connectivity index (χ4n) is 4.83. The lowest BCUT2D eigenvalue weighted by Crippen LogP contribution is -2.44. The molecule has 2 aromatic heterocycles. The lowest BCUT2D eigenvalue weighted by atomic mass is 9.86. The summed E-state index contributed by atoms with van der Waals surface area (Å²) in [7, 11) is 2.88. The van der Waals surface area contributed by atoms with Gasteiger partial charge in [0.05, 0.1) is 37.2 Å². The van der Waals surface area contributed by atoms with Gasteiger partial charge >= 0.3 is 5.97 Å². The third-order valence-corrected chi connectivity index (χ3v) is 6.51. The van der Waals surface area contributed by atoms with Crippen molar-refractivity contribution in [2.24, 2.45) is 0 Å². The molecule has 0 saturated carbocycles. The van der Waals surface area contributed by atoms with Crippen molar-refractivity contribution in [3.8, 4) is 17.1 Å². The van der Waals surface area contributed by atoms with Gasteiger partial charge in [0.2, 0.25) is 11.2 Å². The smallest absolute Gasteiger partial charge is 0.343 e. The standard InChI is InChI=1S/C23H23N3O7/c1-4-23(30)16-8-18-20-12(9-24(18)21(28)15(16)11-33-22(23)29)7-13-14(10-26(2,3)32)19(27)6-5-17(13)25(20)31/h5-8,27,30H,4,9-11H2,1-3H3. The fraction of sp³-hybridized carbons (Fsp3) is 0.348. The number of ether oxygens (including phenoxy) is 1. The monoisotopic (exact) mass is 453 g/mol. The Bertz CT molecular complexity index is 1420. The number of esters is 1. The molecular formula is C23H23N3O7. The van der Waals surface area contributed by atoms with Gasteiger partial charge in [-0.05, 0) is 24.6 Å². The highest BCUT2D eigenvalue weighted by Gasteiger charge is 2.46. The van der Waals surface area contributed by atoms with Crippen molar-refractivity contribution < 1.29 is 29.1 Å². The minimum atomic E-state index is -1.97. The number of benzene rings is 1. The van der Waals surface area contributed by atoms with E-state index in [1.54, 1.807) is 13.0 Å². The van der Waals surface area contributed by atoms with Gasteiger partial charge in [0, 0.05) is 17.2 Å². The first-order chi connectivity index (χ1) is 15.5. The molecule has 0 radical (unpaired) electrons. The summed E-state index contributed by atoms with van der Waals surface area (Å²) in [5.74, 6) is -0.914. The molecule has 5 rings (SSSR count). The van der Waals surface area contributed by atoms with Crippen LogP contribution in [-0.2, 0) is 34.8 Å². The third kappa shape index (κ3) is 2.95. The van der Waals surface area contributed by atoms with Gasteiger partial charge in [-0.15, -0.1) is 0 Å². The van der Waals surface area contributed by atoms with Crippen LogP contribution in [0.5, 0.6) is 5.75 Å². The van der Waals surface area contributed by atoms with Crippen LogP contribution in [0.3, 0.4) is 0 Å². The topological polar surface area (TPSA) is 139 Å². The Labute approximate surface area is 188 Å². The van der Waals surface area contributed by atoms with Crippen LogP contribution in [-0.4, -0.2) is 39.5 Å². The molecule has 172 valence electrons. The van der Waals surface area contributed by atoms with E-state index in [9.17, 15) is 30.2 Å². The molecule has 1 unspecified atom stereocenters. The number of quaternary nitrogens is 1. The molecule has 4 heterocycles. The Hall–Kier alpha value is -3.47. The molecule has 0 amide bonds. The first-order valence-corrected chi connectivity index (χ1v) is 10.6. The van der Waals surface area contributed by atoms with Gasteiger partial charge in [-0.2, -0.15) is 4.73 Å². The van der Waals surface area contributed by atoms with Gasteiger partial charge in [-0.1, -0.05) is 6.92 Å². The van der Waals surface area contributed by atoms with E-state index in [1.807, 2.05) is 0 Å². The summed E-state index contributed by atoms with van der Waals surface area (Å²) in [6.07, 6.45) is 0.00947. The normalized spacial score (nSPS) is 19.2. The van der Waals surface area contributed by atoms with E-state index in [4.69, 9.17) is 4.74 Å². The summed E-state index contributed by atoms with van der Waals surface area (Å²) < 4.78 is 6.46. The van der Waals surface area contributed by atoms with Crippen LogP contribution >= 0.6 is 0 Å². The Morgan fingerprint density at radius 2 is 2.00 bits per heavy atom. The fourth-order valence-corrected chi connectivity index (χ4v) is 4.83. The molecule has 10 heteroatoms. The molecule has 0 spiro atoms. The third-order valence-electron chi connectivity index (χ3n) is 6.51. The zero-order valence-corrected chi connectivity index (χ0v) is 18.4. The van der Waals surface area contributed by atoms with Crippen molar-refractivity contribution in [1.82, 2.24) is 4.57 Å². The van der Waals surface area contributed by atoms with E-state index < -0.39 is 21.8 Å². The number of aromatic hydroxyl groups is 1. The van der Waals surface area contributed by atoms with Crippen LogP contribution in [0, 0.1) is 10.4 Å². The highest BCUT2D eigenvalue weighted by atomic mass is 16.6. The second-order valence-electron chi connectivity index (χ2n) is 9.14. The van der Waals surface area contributed by atoms with E-state index >= 15 is 0 Å². The maximum absolute atomic E-state index is 13.5. The predicted molar refractivity (Wildman–Crippen MR) is 117 cm³/mol. The summed E-state index contributed by atoms with van der Waals surface area (Å²) in [5, 5.41) is 47.6. The number of hydroxylamine groups is 3. The number of aromatic nitrogens is 2. The molecule has 0 aliphatic carbocycles. The lowest BCUT2D eigenvalue weighted by molar-refractivity contribution is -0.853. The number of phenols is 1. The Morgan fingerprint density at radius 3 is 2.67 bits per heavy atom. The van der Waals surface area contributed by atoms with Crippen LogP contribution in [0.1, 0.15) is 35.6 Å². The molecular weight excluding hydrogens is 430 g/mol. The number of fused-ring (bicyclic) bond motifs is 5. The first kappa shape index (κ1) is 21.4. The summed E-state index contributed by atoms with van der Waals surface area (Å²) in [6, 6.07) is 6.06. The summed E-state index contributed by atoms with van der Waals surface area (Å²) in [6.45, 7) is 1.41. The number of pyridine rings is 2. The number of hydrogen-bond acceptors (Lipinski definition) is 7. The Kier molecular flexibility index (Phi) is 4.38. The molecule has 0 bridgehead atoms. The van der Waals surface area contributed by atoms with Crippen molar-refractivity contribution in [2.45, 2.75) is 38.6 Å². The average molecular weight is 453 g/mol. The largest absolute Gasteiger partial charge is 0.633 e. The summed E-state index contributed by atoms with van der Waals surface area (Å²) in [5.41, 5.74) is -0.431. The molecule has 0 saturated heterocycles. The van der Waals surface area contributed by atoms with Crippen molar-refractivity contribution in [3.05, 3.63) is 67.3 Å². The zero-order chi connectivity index (χ0) is 23.9. The number of nitrogens with zero attached hydrogens (tertiary/aromatic N) is 3. The molecule has 33 heavy (non-hydrogen) atoms. The van der Waals surface area contributed by atoms with E-state index in [1.165, 1.54) is 36.9 Å². The number of rotatable bonds is 3. The highest BCUT2D eigenvalue weighted by Crippen LogP contribution is 2.39. The van der Waals surface area contributed by atoms with Gasteiger partial charge in [0.15, 0.2) is 5.60 Å². The lowest BCUT2D eigenvalue weighted by Gasteiger charge is -2.34. The van der Waals surface area contributed by atoms with Gasteiger partial charge in [-0.3, -0.25) is 9.36 Å². The number of carbonyl (C=O) groups is 1. The van der Waals surface area contributed by atoms with Crippen molar-refractivity contribution in [3.63, 3.8) is 0 Å². The minimum absolute atomic E-state index is 0.00947. The molecule has 1 aromatic carbocycles. The number of phenolic OH excluding ortho intramolecular Hbond substituents is 1. The SMILES string of the molecule is CCC1(O)C(=O)OCc2c1cc1n(c2=O)Cc2cc3c(C[N+](C)(C)[O-])c(O)ccc3[n+]([O-])c2-1. The summed E-state index contributed by atoms with van der Waals surface area (Å²) in [4.78, 5) is 25.6. The Morgan fingerprint density at radius 1 is 1.27 bits per heavy atom. The average Bonchev–Trinajstić information content (AvgIpc) is 3.12. The van der Waals surface area contributed by atoms with E-state index in [0.29, 0.717) is 26.9 Å². The number of hydrogen-bond donors (Lipinski definition) is 2. The predicted octanol–water partition coefficient (Wildman–Crippen LogP) is 1.10. The van der Waals surface area contributed by atoms with Gasteiger partial charge < -0.3 is 30.0 Å². The Balaban J connectivity index is 1.79. The highest BCUT2D eigenvalue weighted by molar-refractivity contribution is 5.86. The molecule has 2 aliphatic rings. The quantitative estimate of drug-likeness (QED) is 0.156. The molecule has 0 fully saturated rings. The molecule has 1 atom stereocenters. The second-order valence-corrected chi connectivity index (χ2v) is 9.14. The molecule has 2 N–H and O–H groups in total. The molecule has 2 aliphatic heterocycles. The van der Waals surface area contributed by atoms with Crippen LogP contribution in [0.4, 0.5) is 0 Å². The first-order valence-electron chi connectivity index (χ1n) is 10.6. The molecule has 10 nitrogen and oxygen atoms in total. The van der Waals surface area contributed by atoms with Gasteiger partial charge in [0.1, 0.15) is 24.6 Å². The maximum Gasteiger partial charge on any atom is 0.343 e. The van der Waals surface area contributed by atoms with Crippen LogP contribution < -0.4 is 10.3 Å².